The van der Waals surface area contributed by atoms with Crippen LogP contribution in [0.5, 0.6) is 0 Å². The van der Waals surface area contributed by atoms with E-state index in [1.54, 1.807) is 0 Å². The second-order valence-corrected chi connectivity index (χ2v) is 4.74. The normalized spacial score (nSPS) is 12.3. The molecule has 0 aliphatic heterocycles. The summed E-state index contributed by atoms with van der Waals surface area (Å²) in [6, 6.07) is 4.17. The molecule has 0 aliphatic rings. The molecule has 9 heteroatoms. The standard InChI is InChI=1S/C14H15F6NO2/c15-13(16,17)9-23-7-1-6-21-12(22)8-10-2-4-11(5-3-10)14(18,19)20/h2-5H,1,6-9H2,(H,21,22). The van der Waals surface area contributed by atoms with Crippen LogP contribution >= 0.6 is 0 Å². The van der Waals surface area contributed by atoms with E-state index in [4.69, 9.17) is 0 Å². The van der Waals surface area contributed by atoms with Crippen molar-refractivity contribution in [2.24, 2.45) is 0 Å². The van der Waals surface area contributed by atoms with E-state index in [2.05, 4.69) is 10.1 Å². The molecule has 0 fully saturated rings. The molecule has 1 N–H and O–H groups in total. The van der Waals surface area contributed by atoms with Crippen LogP contribution in [0.25, 0.3) is 0 Å². The zero-order chi connectivity index (χ0) is 17.5. The number of hydrogen-bond acceptors (Lipinski definition) is 2. The first-order chi connectivity index (χ1) is 10.6. The lowest BCUT2D eigenvalue weighted by Gasteiger charge is -2.09. The van der Waals surface area contributed by atoms with E-state index in [-0.39, 0.29) is 26.0 Å². The predicted octanol–water partition coefficient (Wildman–Crippen LogP) is 3.33. The van der Waals surface area contributed by atoms with Crippen molar-refractivity contribution in [1.29, 1.82) is 0 Å². The average Bonchev–Trinajstić information content (AvgIpc) is 2.41. The number of amides is 1. The number of carbonyl (C=O) groups is 1. The predicted molar refractivity (Wildman–Crippen MR) is 69.6 cm³/mol. The van der Waals surface area contributed by atoms with Gasteiger partial charge in [-0.1, -0.05) is 12.1 Å². The number of ether oxygens (including phenoxy) is 1. The summed E-state index contributed by atoms with van der Waals surface area (Å²) < 4.78 is 76.8. The lowest BCUT2D eigenvalue weighted by Crippen LogP contribution is -2.27. The molecule has 0 spiro atoms. The summed E-state index contributed by atoms with van der Waals surface area (Å²) in [6.45, 7) is -1.37. The zero-order valence-corrected chi connectivity index (χ0v) is 11.9. The minimum atomic E-state index is -4.43. The number of halogens is 6. The van der Waals surface area contributed by atoms with Gasteiger partial charge in [-0.15, -0.1) is 0 Å². The molecule has 23 heavy (non-hydrogen) atoms. The molecule has 0 bridgehead atoms. The molecule has 1 rings (SSSR count). The fraction of sp³-hybridized carbons (Fsp3) is 0.500. The van der Waals surface area contributed by atoms with Crippen molar-refractivity contribution in [2.45, 2.75) is 25.2 Å². The molecule has 0 heterocycles. The first kappa shape index (κ1) is 19.3. The number of rotatable bonds is 7. The van der Waals surface area contributed by atoms with Gasteiger partial charge in [-0.05, 0) is 24.1 Å². The highest BCUT2D eigenvalue weighted by Gasteiger charge is 2.30. The lowest BCUT2D eigenvalue weighted by molar-refractivity contribution is -0.174. The lowest BCUT2D eigenvalue weighted by atomic mass is 10.1. The number of alkyl halides is 6. The van der Waals surface area contributed by atoms with Gasteiger partial charge in [0.05, 0.1) is 12.0 Å². The Balaban J connectivity index is 2.24. The summed E-state index contributed by atoms with van der Waals surface area (Å²) >= 11 is 0. The third kappa shape index (κ3) is 8.44. The summed E-state index contributed by atoms with van der Waals surface area (Å²) in [5.41, 5.74) is -0.396. The number of carbonyl (C=O) groups excluding carboxylic acids is 1. The van der Waals surface area contributed by atoms with E-state index < -0.39 is 30.4 Å². The molecule has 3 nitrogen and oxygen atoms in total. The van der Waals surface area contributed by atoms with E-state index in [1.807, 2.05) is 0 Å². The molecule has 0 radical (unpaired) electrons. The van der Waals surface area contributed by atoms with E-state index in [9.17, 15) is 31.1 Å². The molecule has 0 aromatic heterocycles. The van der Waals surface area contributed by atoms with Gasteiger partial charge in [0, 0.05) is 13.2 Å². The summed E-state index contributed by atoms with van der Waals surface area (Å²) in [6.07, 6.45) is -8.72. The Morgan fingerprint density at radius 3 is 2.17 bits per heavy atom. The van der Waals surface area contributed by atoms with E-state index in [1.165, 1.54) is 12.1 Å². The summed E-state index contributed by atoms with van der Waals surface area (Å²) in [5.74, 6) is -0.430. The minimum Gasteiger partial charge on any atom is -0.372 e. The SMILES string of the molecule is O=C(Cc1ccc(C(F)(F)F)cc1)NCCCOCC(F)(F)F. The summed E-state index contributed by atoms with van der Waals surface area (Å²) in [4.78, 5) is 11.5. The number of hydrogen-bond donors (Lipinski definition) is 1. The van der Waals surface area contributed by atoms with Gasteiger partial charge in [0.1, 0.15) is 6.61 Å². The van der Waals surface area contributed by atoms with Crippen LogP contribution in [0.4, 0.5) is 26.3 Å². The summed E-state index contributed by atoms with van der Waals surface area (Å²) in [7, 11) is 0. The van der Waals surface area contributed by atoms with Crippen LogP contribution in [0.2, 0.25) is 0 Å². The van der Waals surface area contributed by atoms with Gasteiger partial charge in [-0.25, -0.2) is 0 Å². The fourth-order valence-corrected chi connectivity index (χ4v) is 1.65. The topological polar surface area (TPSA) is 38.3 Å². The highest BCUT2D eigenvalue weighted by molar-refractivity contribution is 5.78. The second-order valence-electron chi connectivity index (χ2n) is 4.74. The van der Waals surface area contributed by atoms with E-state index in [0.29, 0.717) is 5.56 Å². The second kappa shape index (κ2) is 8.19. The Bertz CT molecular complexity index is 495. The van der Waals surface area contributed by atoms with Crippen LogP contribution in [-0.4, -0.2) is 31.8 Å². The zero-order valence-electron chi connectivity index (χ0n) is 11.9. The molecule has 1 amide bonds. The molecule has 0 saturated heterocycles. The van der Waals surface area contributed by atoms with Gasteiger partial charge in [0.25, 0.3) is 0 Å². The van der Waals surface area contributed by atoms with Gasteiger partial charge >= 0.3 is 12.4 Å². The Kier molecular flexibility index (Phi) is 6.86. The van der Waals surface area contributed by atoms with E-state index in [0.717, 1.165) is 12.1 Å². The Hall–Kier alpha value is -1.77. The first-order valence-electron chi connectivity index (χ1n) is 6.65. The molecule has 1 aromatic carbocycles. The number of nitrogens with one attached hydrogen (secondary N) is 1. The fourth-order valence-electron chi connectivity index (χ4n) is 1.65. The van der Waals surface area contributed by atoms with Crippen molar-refractivity contribution in [3.8, 4) is 0 Å². The van der Waals surface area contributed by atoms with E-state index >= 15 is 0 Å². The molecule has 130 valence electrons. The van der Waals surface area contributed by atoms with Crippen LogP contribution < -0.4 is 5.32 Å². The van der Waals surface area contributed by atoms with Crippen LogP contribution in [0.3, 0.4) is 0 Å². The first-order valence-corrected chi connectivity index (χ1v) is 6.65. The van der Waals surface area contributed by atoms with Gasteiger partial charge < -0.3 is 10.1 Å². The average molecular weight is 343 g/mol. The van der Waals surface area contributed by atoms with Crippen LogP contribution in [0, 0.1) is 0 Å². The molecule has 0 aliphatic carbocycles. The Labute approximate surface area is 128 Å². The van der Waals surface area contributed by atoms with Crippen molar-refractivity contribution < 1.29 is 35.9 Å². The maximum atomic E-state index is 12.4. The summed E-state index contributed by atoms with van der Waals surface area (Å²) in [5, 5.41) is 2.45. The van der Waals surface area contributed by atoms with Crippen molar-refractivity contribution in [3.63, 3.8) is 0 Å². The van der Waals surface area contributed by atoms with Crippen LogP contribution in [0.1, 0.15) is 17.5 Å². The number of benzene rings is 1. The van der Waals surface area contributed by atoms with Crippen molar-refractivity contribution in [1.82, 2.24) is 5.32 Å². The van der Waals surface area contributed by atoms with Gasteiger partial charge in [0.2, 0.25) is 5.91 Å². The smallest absolute Gasteiger partial charge is 0.372 e. The molecule has 0 atom stereocenters. The Morgan fingerprint density at radius 1 is 1.04 bits per heavy atom. The molecular weight excluding hydrogens is 328 g/mol. The third-order valence-electron chi connectivity index (χ3n) is 2.70. The Morgan fingerprint density at radius 2 is 1.65 bits per heavy atom. The maximum Gasteiger partial charge on any atom is 0.416 e. The van der Waals surface area contributed by atoms with Gasteiger partial charge in [-0.2, -0.15) is 26.3 Å². The molecular formula is C14H15F6NO2. The van der Waals surface area contributed by atoms with Crippen molar-refractivity contribution in [3.05, 3.63) is 35.4 Å². The minimum absolute atomic E-state index is 0.110. The molecule has 1 aromatic rings. The quantitative estimate of drug-likeness (QED) is 0.609. The molecule has 0 saturated carbocycles. The van der Waals surface area contributed by atoms with Gasteiger partial charge in [0.15, 0.2) is 0 Å². The third-order valence-corrected chi connectivity index (χ3v) is 2.70. The van der Waals surface area contributed by atoms with Crippen LogP contribution in [-0.2, 0) is 22.1 Å². The van der Waals surface area contributed by atoms with Crippen LogP contribution in [0.15, 0.2) is 24.3 Å². The highest BCUT2D eigenvalue weighted by atomic mass is 19.4. The highest BCUT2D eigenvalue weighted by Crippen LogP contribution is 2.29. The monoisotopic (exact) mass is 343 g/mol. The van der Waals surface area contributed by atoms with Crippen molar-refractivity contribution >= 4 is 5.91 Å². The largest absolute Gasteiger partial charge is 0.416 e. The van der Waals surface area contributed by atoms with Crippen molar-refractivity contribution in [2.75, 3.05) is 19.8 Å². The van der Waals surface area contributed by atoms with Gasteiger partial charge in [-0.3, -0.25) is 4.79 Å². The molecule has 0 unspecified atom stereocenters. The maximum absolute atomic E-state index is 12.4.